The predicted molar refractivity (Wildman–Crippen MR) is 54.2 cm³/mol. The molecule has 1 rings (SSSR count). The van der Waals surface area contributed by atoms with Crippen molar-refractivity contribution in [2.75, 3.05) is 5.73 Å². The number of nitrogens with two attached hydrogens (primary N) is 1. The number of hydrogen-bond acceptors (Lipinski definition) is 3. The monoisotopic (exact) mass is 194 g/mol. The minimum absolute atomic E-state index is 0.134. The van der Waals surface area contributed by atoms with E-state index in [1.807, 2.05) is 0 Å². The number of aromatic carboxylic acids is 1. The van der Waals surface area contributed by atoms with Gasteiger partial charge < -0.3 is 10.8 Å². The third kappa shape index (κ3) is 2.45. The molecule has 0 amide bonds. The normalized spacial score (nSPS) is 10.5. The number of anilines is 1. The molecule has 1 heterocycles. The summed E-state index contributed by atoms with van der Waals surface area (Å²) in [6.45, 7) is 4.12. The first-order chi connectivity index (χ1) is 6.50. The standard InChI is InChI=1S/C10H14N2O2/c1-6(2)3-9-8(11)4-7(5-12-9)10(13)14/h4-6H,3,11H2,1-2H3,(H,13,14). The van der Waals surface area contributed by atoms with Gasteiger partial charge in [0.15, 0.2) is 0 Å². The summed E-state index contributed by atoms with van der Waals surface area (Å²) >= 11 is 0. The second-order valence-corrected chi connectivity index (χ2v) is 3.66. The van der Waals surface area contributed by atoms with Crippen LogP contribution in [0.2, 0.25) is 0 Å². The van der Waals surface area contributed by atoms with Crippen LogP contribution in [-0.2, 0) is 6.42 Å². The maximum atomic E-state index is 10.6. The number of carboxylic acid groups (broad SMARTS) is 1. The molecule has 0 saturated heterocycles. The average Bonchev–Trinajstić information content (AvgIpc) is 2.07. The summed E-state index contributed by atoms with van der Waals surface area (Å²) in [7, 11) is 0. The lowest BCUT2D eigenvalue weighted by atomic mass is 10.1. The van der Waals surface area contributed by atoms with Gasteiger partial charge in [-0.2, -0.15) is 0 Å². The number of rotatable bonds is 3. The first-order valence-corrected chi connectivity index (χ1v) is 4.48. The SMILES string of the molecule is CC(C)Cc1ncc(C(=O)O)cc1N. The van der Waals surface area contributed by atoms with Gasteiger partial charge in [0.25, 0.3) is 0 Å². The minimum atomic E-state index is -1.000. The highest BCUT2D eigenvalue weighted by Crippen LogP contribution is 2.14. The van der Waals surface area contributed by atoms with Gasteiger partial charge in [0.2, 0.25) is 0 Å². The molecule has 0 radical (unpaired) electrons. The van der Waals surface area contributed by atoms with Crippen LogP contribution in [0.3, 0.4) is 0 Å². The molecule has 3 N–H and O–H groups in total. The summed E-state index contributed by atoms with van der Waals surface area (Å²) in [5, 5.41) is 8.69. The van der Waals surface area contributed by atoms with Crippen LogP contribution in [0.5, 0.6) is 0 Å². The Morgan fingerprint density at radius 3 is 2.71 bits per heavy atom. The molecule has 0 aliphatic heterocycles. The fraction of sp³-hybridized carbons (Fsp3) is 0.400. The highest BCUT2D eigenvalue weighted by atomic mass is 16.4. The quantitative estimate of drug-likeness (QED) is 0.765. The first-order valence-electron chi connectivity index (χ1n) is 4.48. The van der Waals surface area contributed by atoms with Crippen molar-refractivity contribution >= 4 is 11.7 Å². The van der Waals surface area contributed by atoms with Crippen LogP contribution in [0.25, 0.3) is 0 Å². The van der Waals surface area contributed by atoms with Gasteiger partial charge in [-0.25, -0.2) is 4.79 Å². The molecule has 0 aromatic carbocycles. The molecule has 0 aliphatic rings. The summed E-state index contributed by atoms with van der Waals surface area (Å²) in [5.41, 5.74) is 7.04. The zero-order chi connectivity index (χ0) is 10.7. The number of carbonyl (C=O) groups is 1. The topological polar surface area (TPSA) is 76.2 Å². The van der Waals surface area contributed by atoms with Crippen LogP contribution >= 0.6 is 0 Å². The highest BCUT2D eigenvalue weighted by Gasteiger charge is 2.08. The largest absolute Gasteiger partial charge is 0.478 e. The maximum Gasteiger partial charge on any atom is 0.337 e. The lowest BCUT2D eigenvalue weighted by molar-refractivity contribution is 0.0696. The lowest BCUT2D eigenvalue weighted by Crippen LogP contribution is -2.06. The van der Waals surface area contributed by atoms with Crippen molar-refractivity contribution in [2.45, 2.75) is 20.3 Å². The molecule has 1 aromatic heterocycles. The van der Waals surface area contributed by atoms with Crippen LogP contribution in [0, 0.1) is 5.92 Å². The Labute approximate surface area is 82.8 Å². The van der Waals surface area contributed by atoms with Crippen LogP contribution in [0.1, 0.15) is 29.9 Å². The third-order valence-corrected chi connectivity index (χ3v) is 1.85. The van der Waals surface area contributed by atoms with Gasteiger partial charge in [0.05, 0.1) is 16.9 Å². The zero-order valence-electron chi connectivity index (χ0n) is 8.32. The van der Waals surface area contributed by atoms with E-state index >= 15 is 0 Å². The van der Waals surface area contributed by atoms with Gasteiger partial charge in [-0.05, 0) is 18.4 Å². The smallest absolute Gasteiger partial charge is 0.337 e. The molecule has 0 spiro atoms. The summed E-state index contributed by atoms with van der Waals surface area (Å²) < 4.78 is 0. The molecule has 1 aromatic rings. The summed E-state index contributed by atoms with van der Waals surface area (Å²) in [6.07, 6.45) is 2.11. The van der Waals surface area contributed by atoms with Crippen molar-refractivity contribution in [2.24, 2.45) is 5.92 Å². The molecule has 0 atom stereocenters. The number of carboxylic acids is 1. The van der Waals surface area contributed by atoms with E-state index in [1.54, 1.807) is 0 Å². The van der Waals surface area contributed by atoms with Gasteiger partial charge in [0, 0.05) is 6.20 Å². The number of pyridine rings is 1. The van der Waals surface area contributed by atoms with Crippen molar-refractivity contribution in [3.05, 3.63) is 23.5 Å². The Bertz CT molecular complexity index is 348. The molecule has 0 bridgehead atoms. The Kier molecular flexibility index (Phi) is 3.06. The van der Waals surface area contributed by atoms with E-state index in [1.165, 1.54) is 12.3 Å². The second-order valence-electron chi connectivity index (χ2n) is 3.66. The summed E-state index contributed by atoms with van der Waals surface area (Å²) in [4.78, 5) is 14.6. The second kappa shape index (κ2) is 4.09. The summed E-state index contributed by atoms with van der Waals surface area (Å²) in [5.74, 6) is -0.541. The van der Waals surface area contributed by atoms with Gasteiger partial charge in [-0.15, -0.1) is 0 Å². The van der Waals surface area contributed by atoms with Gasteiger partial charge >= 0.3 is 5.97 Å². The number of hydrogen-bond donors (Lipinski definition) is 2. The Morgan fingerprint density at radius 2 is 2.29 bits per heavy atom. The van der Waals surface area contributed by atoms with Crippen molar-refractivity contribution in [1.82, 2.24) is 4.98 Å². The lowest BCUT2D eigenvalue weighted by Gasteiger charge is -2.07. The molecule has 14 heavy (non-hydrogen) atoms. The number of nitrogen functional groups attached to an aromatic ring is 1. The molecule has 0 aliphatic carbocycles. The highest BCUT2D eigenvalue weighted by molar-refractivity contribution is 5.88. The van der Waals surface area contributed by atoms with Crippen LogP contribution < -0.4 is 5.73 Å². The molecule has 4 heteroatoms. The molecule has 4 nitrogen and oxygen atoms in total. The van der Waals surface area contributed by atoms with Crippen LogP contribution in [0.15, 0.2) is 12.3 Å². The molecule has 0 fully saturated rings. The van der Waals surface area contributed by atoms with E-state index in [0.29, 0.717) is 11.6 Å². The minimum Gasteiger partial charge on any atom is -0.478 e. The molecule has 0 unspecified atom stereocenters. The Balaban J connectivity index is 2.95. The van der Waals surface area contributed by atoms with E-state index in [-0.39, 0.29) is 5.56 Å². The number of nitrogens with zero attached hydrogens (tertiary/aromatic N) is 1. The van der Waals surface area contributed by atoms with E-state index in [2.05, 4.69) is 18.8 Å². The van der Waals surface area contributed by atoms with E-state index in [4.69, 9.17) is 10.8 Å². The van der Waals surface area contributed by atoms with E-state index in [9.17, 15) is 4.79 Å². The third-order valence-electron chi connectivity index (χ3n) is 1.85. The Morgan fingerprint density at radius 1 is 1.64 bits per heavy atom. The molecule has 0 saturated carbocycles. The molecule has 76 valence electrons. The van der Waals surface area contributed by atoms with E-state index in [0.717, 1.165) is 12.1 Å². The summed E-state index contributed by atoms with van der Waals surface area (Å²) in [6, 6.07) is 1.45. The van der Waals surface area contributed by atoms with Crippen molar-refractivity contribution in [3.63, 3.8) is 0 Å². The van der Waals surface area contributed by atoms with Gasteiger partial charge in [-0.1, -0.05) is 13.8 Å². The van der Waals surface area contributed by atoms with Crippen molar-refractivity contribution in [3.8, 4) is 0 Å². The van der Waals surface area contributed by atoms with Gasteiger partial charge in [0.1, 0.15) is 0 Å². The maximum absolute atomic E-state index is 10.6. The Hall–Kier alpha value is -1.58. The van der Waals surface area contributed by atoms with Crippen molar-refractivity contribution in [1.29, 1.82) is 0 Å². The van der Waals surface area contributed by atoms with Gasteiger partial charge in [-0.3, -0.25) is 4.98 Å². The molecular weight excluding hydrogens is 180 g/mol. The predicted octanol–water partition coefficient (Wildman–Crippen LogP) is 1.56. The van der Waals surface area contributed by atoms with Crippen molar-refractivity contribution < 1.29 is 9.90 Å². The zero-order valence-corrected chi connectivity index (χ0v) is 8.32. The van der Waals surface area contributed by atoms with E-state index < -0.39 is 5.97 Å². The number of aromatic nitrogens is 1. The van der Waals surface area contributed by atoms with Crippen LogP contribution in [-0.4, -0.2) is 16.1 Å². The molecular formula is C10H14N2O2. The fourth-order valence-electron chi connectivity index (χ4n) is 1.18. The van der Waals surface area contributed by atoms with Crippen LogP contribution in [0.4, 0.5) is 5.69 Å². The average molecular weight is 194 g/mol. The first kappa shape index (κ1) is 10.5. The fourth-order valence-corrected chi connectivity index (χ4v) is 1.18.